The number of nitrogens with zero attached hydrogens (tertiary/aromatic N) is 2. The van der Waals surface area contributed by atoms with E-state index in [0.717, 1.165) is 49.7 Å². The lowest BCUT2D eigenvalue weighted by Crippen LogP contribution is -1.98. The maximum atomic E-state index is 11.5. The third-order valence-electron chi connectivity index (χ3n) is 5.64. The minimum absolute atomic E-state index is 0.0987. The SMILES string of the molecule is O=[N+]([O-])c1ccc2c(c1)-n1c3ccccc3c3cccc(c31)-c1ccccc1-2. The maximum Gasteiger partial charge on any atom is 0.271 e. The van der Waals surface area contributed by atoms with Gasteiger partial charge in [0.1, 0.15) is 0 Å². The normalized spacial score (nSPS) is 11.9. The van der Waals surface area contributed by atoms with Crippen LogP contribution in [0.2, 0.25) is 0 Å². The minimum atomic E-state index is -0.328. The highest BCUT2D eigenvalue weighted by Gasteiger charge is 2.25. The Morgan fingerprint density at radius 1 is 0.679 bits per heavy atom. The van der Waals surface area contributed by atoms with Gasteiger partial charge in [-0.3, -0.25) is 10.1 Å². The van der Waals surface area contributed by atoms with Crippen molar-refractivity contribution in [3.63, 3.8) is 0 Å². The molecule has 0 unspecified atom stereocenters. The van der Waals surface area contributed by atoms with Crippen LogP contribution in [-0.2, 0) is 0 Å². The second-order valence-corrected chi connectivity index (χ2v) is 7.06. The average molecular weight is 362 g/mol. The van der Waals surface area contributed by atoms with Gasteiger partial charge < -0.3 is 4.57 Å². The zero-order valence-corrected chi connectivity index (χ0v) is 14.8. The van der Waals surface area contributed by atoms with Crippen molar-refractivity contribution in [2.24, 2.45) is 0 Å². The molecule has 0 radical (unpaired) electrons. The summed E-state index contributed by atoms with van der Waals surface area (Å²) in [6, 6.07) is 28.0. The number of para-hydroxylation sites is 2. The van der Waals surface area contributed by atoms with Gasteiger partial charge in [-0.25, -0.2) is 0 Å². The third kappa shape index (κ3) is 1.84. The zero-order valence-electron chi connectivity index (χ0n) is 14.8. The first kappa shape index (κ1) is 15.2. The van der Waals surface area contributed by atoms with E-state index in [4.69, 9.17) is 0 Å². The molecule has 4 nitrogen and oxygen atoms in total. The molecule has 1 aliphatic heterocycles. The van der Waals surface area contributed by atoms with Crippen molar-refractivity contribution in [2.75, 3.05) is 0 Å². The van der Waals surface area contributed by atoms with E-state index in [2.05, 4.69) is 47.0 Å². The molecule has 1 aromatic heterocycles. The number of fused-ring (bicyclic) bond motifs is 8. The highest BCUT2D eigenvalue weighted by molar-refractivity contribution is 6.16. The molecule has 132 valence electrons. The maximum absolute atomic E-state index is 11.5. The Hall–Kier alpha value is -3.92. The first-order valence-electron chi connectivity index (χ1n) is 9.15. The van der Waals surface area contributed by atoms with Crippen molar-refractivity contribution >= 4 is 27.5 Å². The molecule has 4 aromatic carbocycles. The summed E-state index contributed by atoms with van der Waals surface area (Å²) in [7, 11) is 0. The number of hydrogen-bond donors (Lipinski definition) is 0. The Kier molecular flexibility index (Phi) is 2.87. The smallest absolute Gasteiger partial charge is 0.271 e. The number of aromatic nitrogens is 1. The number of nitro groups is 1. The van der Waals surface area contributed by atoms with Crippen molar-refractivity contribution in [2.45, 2.75) is 0 Å². The third-order valence-corrected chi connectivity index (χ3v) is 5.64. The molecule has 0 aliphatic carbocycles. The van der Waals surface area contributed by atoms with Crippen LogP contribution in [-0.4, -0.2) is 9.49 Å². The molecule has 0 saturated carbocycles. The van der Waals surface area contributed by atoms with E-state index in [0.29, 0.717) is 0 Å². The topological polar surface area (TPSA) is 48.1 Å². The van der Waals surface area contributed by atoms with Crippen LogP contribution in [0.4, 0.5) is 5.69 Å². The summed E-state index contributed by atoms with van der Waals surface area (Å²) >= 11 is 0. The van der Waals surface area contributed by atoms with Crippen molar-refractivity contribution < 1.29 is 4.92 Å². The molecular weight excluding hydrogens is 348 g/mol. The highest BCUT2D eigenvalue weighted by Crippen LogP contribution is 2.46. The Bertz CT molecular complexity index is 1450. The van der Waals surface area contributed by atoms with Crippen molar-refractivity contribution in [1.29, 1.82) is 0 Å². The first-order chi connectivity index (χ1) is 13.7. The summed E-state index contributed by atoms with van der Waals surface area (Å²) in [6.07, 6.45) is 0. The monoisotopic (exact) mass is 362 g/mol. The summed E-state index contributed by atoms with van der Waals surface area (Å²) < 4.78 is 2.18. The fourth-order valence-corrected chi connectivity index (χ4v) is 4.49. The fourth-order valence-electron chi connectivity index (χ4n) is 4.49. The van der Waals surface area contributed by atoms with Gasteiger partial charge in [0, 0.05) is 34.0 Å². The lowest BCUT2D eigenvalue weighted by Gasteiger charge is -2.12. The molecule has 2 heterocycles. The zero-order chi connectivity index (χ0) is 18.8. The van der Waals surface area contributed by atoms with Crippen LogP contribution in [0, 0.1) is 10.1 Å². The Morgan fingerprint density at radius 2 is 1.36 bits per heavy atom. The van der Waals surface area contributed by atoms with Crippen LogP contribution in [0.15, 0.2) is 84.9 Å². The van der Waals surface area contributed by atoms with Crippen molar-refractivity contribution in [1.82, 2.24) is 4.57 Å². The van der Waals surface area contributed by atoms with Gasteiger partial charge in [-0.15, -0.1) is 0 Å². The highest BCUT2D eigenvalue weighted by atomic mass is 16.6. The molecule has 28 heavy (non-hydrogen) atoms. The second kappa shape index (κ2) is 5.30. The number of benzene rings is 4. The molecule has 5 aromatic rings. The van der Waals surface area contributed by atoms with E-state index >= 15 is 0 Å². The number of non-ortho nitro benzene ring substituents is 1. The first-order valence-corrected chi connectivity index (χ1v) is 9.15. The molecule has 0 spiro atoms. The fraction of sp³-hybridized carbons (Fsp3) is 0. The second-order valence-electron chi connectivity index (χ2n) is 7.06. The lowest BCUT2D eigenvalue weighted by atomic mass is 9.93. The van der Waals surface area contributed by atoms with Crippen LogP contribution in [0.5, 0.6) is 0 Å². The average Bonchev–Trinajstić information content (AvgIpc) is 3.01. The van der Waals surface area contributed by atoms with Crippen LogP contribution in [0.1, 0.15) is 0 Å². The summed E-state index contributed by atoms with van der Waals surface area (Å²) in [5.74, 6) is 0. The van der Waals surface area contributed by atoms with Crippen LogP contribution < -0.4 is 0 Å². The Balaban J connectivity index is 1.93. The number of nitro benzene ring substituents is 1. The molecule has 0 N–H and O–H groups in total. The molecule has 6 rings (SSSR count). The molecule has 0 fully saturated rings. The van der Waals surface area contributed by atoms with E-state index in [-0.39, 0.29) is 10.6 Å². The summed E-state index contributed by atoms with van der Waals surface area (Å²) in [6.45, 7) is 0. The van der Waals surface area contributed by atoms with Gasteiger partial charge in [-0.1, -0.05) is 60.7 Å². The van der Waals surface area contributed by atoms with E-state index in [9.17, 15) is 10.1 Å². The summed E-state index contributed by atoms with van der Waals surface area (Å²) in [4.78, 5) is 11.2. The van der Waals surface area contributed by atoms with Gasteiger partial charge >= 0.3 is 0 Å². The molecule has 1 aliphatic rings. The Morgan fingerprint density at radius 3 is 2.18 bits per heavy atom. The van der Waals surface area contributed by atoms with E-state index in [1.54, 1.807) is 12.1 Å². The predicted octanol–water partition coefficient (Wildman–Crippen LogP) is 6.34. The molecule has 0 saturated heterocycles. The van der Waals surface area contributed by atoms with Gasteiger partial charge in [0.05, 0.1) is 21.6 Å². The predicted molar refractivity (Wildman–Crippen MR) is 112 cm³/mol. The standard InChI is InChI=1S/C24H14N2O2/c27-26(28)15-12-13-19-16-6-1-2-7-17(16)20-9-5-10-21-18-8-3-4-11-22(18)25(24(20)21)23(19)14-15/h1-14H. The number of hydrogen-bond acceptors (Lipinski definition) is 2. The van der Waals surface area contributed by atoms with Crippen LogP contribution in [0.25, 0.3) is 49.7 Å². The summed E-state index contributed by atoms with van der Waals surface area (Å²) in [5.41, 5.74) is 7.47. The van der Waals surface area contributed by atoms with Crippen LogP contribution >= 0.6 is 0 Å². The van der Waals surface area contributed by atoms with Gasteiger partial charge in [0.15, 0.2) is 0 Å². The molecular formula is C24H14N2O2. The van der Waals surface area contributed by atoms with Gasteiger partial charge in [-0.05, 0) is 23.3 Å². The van der Waals surface area contributed by atoms with E-state index < -0.39 is 0 Å². The van der Waals surface area contributed by atoms with Gasteiger partial charge in [0.2, 0.25) is 0 Å². The van der Waals surface area contributed by atoms with Gasteiger partial charge in [-0.2, -0.15) is 0 Å². The molecule has 0 bridgehead atoms. The molecule has 0 atom stereocenters. The quantitative estimate of drug-likeness (QED) is 0.253. The molecule has 0 amide bonds. The molecule has 4 heteroatoms. The van der Waals surface area contributed by atoms with E-state index in [1.165, 1.54) is 0 Å². The Labute approximate surface area is 160 Å². The minimum Gasteiger partial charge on any atom is -0.308 e. The number of rotatable bonds is 1. The largest absolute Gasteiger partial charge is 0.308 e. The van der Waals surface area contributed by atoms with E-state index in [1.807, 2.05) is 30.3 Å². The van der Waals surface area contributed by atoms with Gasteiger partial charge in [0.25, 0.3) is 5.69 Å². The van der Waals surface area contributed by atoms with Crippen LogP contribution in [0.3, 0.4) is 0 Å². The summed E-state index contributed by atoms with van der Waals surface area (Å²) in [5, 5.41) is 13.8. The lowest BCUT2D eigenvalue weighted by molar-refractivity contribution is -0.384. The van der Waals surface area contributed by atoms with Crippen molar-refractivity contribution in [3.05, 3.63) is 95.0 Å². The van der Waals surface area contributed by atoms with Crippen molar-refractivity contribution in [3.8, 4) is 27.9 Å².